The first-order valence-corrected chi connectivity index (χ1v) is 13.1. The van der Waals surface area contributed by atoms with Gasteiger partial charge in [0.1, 0.15) is 0 Å². The Hall–Kier alpha value is -4.13. The SMILES string of the molecule is Clc1nc2ccccc2[nH]1.FC(F)(F)c1cc(Nc2nc3ccccc3[nH]2)ccc1Cl.Nc1ccc(Cl)c(C(F)(F)F)c1. The predicted octanol–water partition coefficient (Wildman–Crippen LogP) is 10.1. The topological polar surface area (TPSA) is 95.4 Å². The van der Waals surface area contributed by atoms with Gasteiger partial charge in [0.15, 0.2) is 0 Å². The maximum absolute atomic E-state index is 12.8. The molecule has 0 saturated carbocycles. The molecule has 0 amide bonds. The number of imidazole rings is 2. The van der Waals surface area contributed by atoms with E-state index < -0.39 is 23.5 Å². The first-order chi connectivity index (χ1) is 20.2. The molecule has 0 fully saturated rings. The Morgan fingerprint density at radius 2 is 1.14 bits per heavy atom. The molecular weight excluding hydrogens is 641 g/mol. The Bertz CT molecular complexity index is 1780. The lowest BCUT2D eigenvalue weighted by Crippen LogP contribution is -2.06. The van der Waals surface area contributed by atoms with Crippen LogP contribution in [0.15, 0.2) is 84.9 Å². The molecular formula is C28H19Cl3F6N6. The number of nitrogen functional groups attached to an aromatic ring is 1. The van der Waals surface area contributed by atoms with E-state index in [0.29, 0.717) is 11.2 Å². The summed E-state index contributed by atoms with van der Waals surface area (Å²) in [5.74, 6) is 0.367. The zero-order valence-corrected chi connectivity index (χ0v) is 23.7. The van der Waals surface area contributed by atoms with Gasteiger partial charge in [0.25, 0.3) is 0 Å². The fraction of sp³-hybridized carbons (Fsp3) is 0.0714. The van der Waals surface area contributed by atoms with Crippen molar-refractivity contribution < 1.29 is 26.3 Å². The van der Waals surface area contributed by atoms with E-state index in [2.05, 4.69) is 25.3 Å². The number of para-hydroxylation sites is 4. The summed E-state index contributed by atoms with van der Waals surface area (Å²) in [6.07, 6.45) is -8.94. The third kappa shape index (κ3) is 8.46. The molecule has 0 saturated heterocycles. The van der Waals surface area contributed by atoms with E-state index in [0.717, 1.165) is 40.3 Å². The van der Waals surface area contributed by atoms with Gasteiger partial charge < -0.3 is 21.0 Å². The van der Waals surface area contributed by atoms with Gasteiger partial charge in [-0.15, -0.1) is 0 Å². The van der Waals surface area contributed by atoms with E-state index in [1.807, 2.05) is 42.5 Å². The van der Waals surface area contributed by atoms with Crippen molar-refractivity contribution in [2.24, 2.45) is 0 Å². The van der Waals surface area contributed by atoms with Crippen molar-refractivity contribution in [1.29, 1.82) is 0 Å². The van der Waals surface area contributed by atoms with Crippen LogP contribution in [-0.2, 0) is 12.4 Å². The largest absolute Gasteiger partial charge is 0.417 e. The Morgan fingerprint density at radius 1 is 0.628 bits per heavy atom. The van der Waals surface area contributed by atoms with Gasteiger partial charge in [-0.05, 0) is 72.3 Å². The standard InChI is InChI=1S/C14H9ClF3N3.C7H5ClF3N.C7H5ClN2/c15-10-6-5-8(7-9(10)14(16,17)18)19-13-20-11-3-1-2-4-12(11)21-13;8-6-2-1-4(12)3-5(6)7(9,10)11;8-7-9-5-3-1-2-4-6(5)10-7/h1-7H,(H2,19,20,21);1-3H,12H2;1-4H,(H,9,10). The molecule has 2 aromatic heterocycles. The van der Waals surface area contributed by atoms with E-state index in [4.69, 9.17) is 40.5 Å². The van der Waals surface area contributed by atoms with Crippen LogP contribution in [0.2, 0.25) is 15.3 Å². The first kappa shape index (κ1) is 31.8. The van der Waals surface area contributed by atoms with Crippen LogP contribution in [-0.4, -0.2) is 19.9 Å². The van der Waals surface area contributed by atoms with Crippen LogP contribution in [0, 0.1) is 0 Å². The molecule has 0 radical (unpaired) electrons. The van der Waals surface area contributed by atoms with Crippen molar-refractivity contribution in [2.75, 3.05) is 11.1 Å². The second-order valence-electron chi connectivity index (χ2n) is 8.70. The summed E-state index contributed by atoms with van der Waals surface area (Å²) < 4.78 is 74.7. The van der Waals surface area contributed by atoms with Crippen molar-refractivity contribution in [3.05, 3.63) is 111 Å². The third-order valence-electron chi connectivity index (χ3n) is 5.58. The van der Waals surface area contributed by atoms with E-state index in [9.17, 15) is 26.3 Å². The molecule has 2 heterocycles. The van der Waals surface area contributed by atoms with Gasteiger partial charge in [0.05, 0.1) is 43.2 Å². The van der Waals surface area contributed by atoms with Crippen LogP contribution >= 0.6 is 34.8 Å². The van der Waals surface area contributed by atoms with Gasteiger partial charge >= 0.3 is 12.4 Å². The number of rotatable bonds is 2. The van der Waals surface area contributed by atoms with Crippen LogP contribution in [0.4, 0.5) is 43.7 Å². The van der Waals surface area contributed by atoms with E-state index in [1.165, 1.54) is 18.2 Å². The highest BCUT2D eigenvalue weighted by atomic mass is 35.5. The molecule has 0 bridgehead atoms. The Labute approximate surface area is 254 Å². The van der Waals surface area contributed by atoms with E-state index in [1.54, 1.807) is 6.07 Å². The van der Waals surface area contributed by atoms with Gasteiger partial charge in [-0.1, -0.05) is 47.5 Å². The number of anilines is 3. The molecule has 6 rings (SSSR count). The first-order valence-electron chi connectivity index (χ1n) is 12.0. The summed E-state index contributed by atoms with van der Waals surface area (Å²) in [6.45, 7) is 0. The highest BCUT2D eigenvalue weighted by molar-refractivity contribution is 6.31. The summed E-state index contributed by atoms with van der Waals surface area (Å²) in [6, 6.07) is 21.9. The summed E-state index contributed by atoms with van der Waals surface area (Å²) in [5, 5.41) is 2.58. The Balaban J connectivity index is 0.000000162. The highest BCUT2D eigenvalue weighted by Crippen LogP contribution is 2.37. The molecule has 6 aromatic rings. The third-order valence-corrected chi connectivity index (χ3v) is 6.42. The lowest BCUT2D eigenvalue weighted by atomic mass is 10.2. The van der Waals surface area contributed by atoms with Crippen LogP contribution in [0.1, 0.15) is 11.1 Å². The number of aromatic nitrogens is 4. The molecule has 0 spiro atoms. The number of aromatic amines is 2. The Kier molecular flexibility index (Phi) is 9.63. The summed E-state index contributed by atoms with van der Waals surface area (Å²) in [7, 11) is 0. The molecule has 224 valence electrons. The average Bonchev–Trinajstić information content (AvgIpc) is 3.52. The molecule has 0 aliphatic heterocycles. The van der Waals surface area contributed by atoms with E-state index >= 15 is 0 Å². The number of nitrogens with two attached hydrogens (primary N) is 1. The van der Waals surface area contributed by atoms with Gasteiger partial charge in [-0.2, -0.15) is 26.3 Å². The number of alkyl halides is 6. The van der Waals surface area contributed by atoms with Gasteiger partial charge in [-0.3, -0.25) is 0 Å². The van der Waals surface area contributed by atoms with Crippen LogP contribution < -0.4 is 11.1 Å². The minimum Gasteiger partial charge on any atom is -0.399 e. The number of halogens is 9. The monoisotopic (exact) mass is 658 g/mol. The molecule has 0 aliphatic rings. The fourth-order valence-electron chi connectivity index (χ4n) is 3.65. The molecule has 6 nitrogen and oxygen atoms in total. The lowest BCUT2D eigenvalue weighted by molar-refractivity contribution is -0.138. The minimum atomic E-state index is -4.50. The van der Waals surface area contributed by atoms with Crippen LogP contribution in [0.25, 0.3) is 22.1 Å². The number of benzene rings is 4. The van der Waals surface area contributed by atoms with Crippen LogP contribution in [0.5, 0.6) is 0 Å². The molecule has 0 atom stereocenters. The second kappa shape index (κ2) is 13.0. The fourth-order valence-corrected chi connectivity index (χ4v) is 4.29. The molecule has 43 heavy (non-hydrogen) atoms. The molecule has 0 unspecified atom stereocenters. The minimum absolute atomic E-state index is 0.0479. The molecule has 0 aliphatic carbocycles. The van der Waals surface area contributed by atoms with Crippen molar-refractivity contribution in [3.8, 4) is 0 Å². The quantitative estimate of drug-likeness (QED) is 0.110. The molecule has 5 N–H and O–H groups in total. The second-order valence-corrected chi connectivity index (χ2v) is 9.87. The maximum Gasteiger partial charge on any atom is 0.417 e. The summed E-state index contributed by atoms with van der Waals surface area (Å²) in [4.78, 5) is 14.2. The normalized spacial score (nSPS) is 11.5. The average molecular weight is 660 g/mol. The maximum atomic E-state index is 12.8. The number of H-pyrrole nitrogens is 2. The van der Waals surface area contributed by atoms with Crippen LogP contribution in [0.3, 0.4) is 0 Å². The van der Waals surface area contributed by atoms with Gasteiger partial charge in [-0.25, -0.2) is 9.97 Å². The number of hydrogen-bond acceptors (Lipinski definition) is 4. The number of hydrogen-bond donors (Lipinski definition) is 4. The number of nitrogens with zero attached hydrogens (tertiary/aromatic N) is 2. The van der Waals surface area contributed by atoms with Crippen molar-refractivity contribution >= 4 is 74.2 Å². The van der Waals surface area contributed by atoms with Crippen molar-refractivity contribution in [1.82, 2.24) is 19.9 Å². The zero-order chi connectivity index (χ0) is 31.4. The highest BCUT2D eigenvalue weighted by Gasteiger charge is 2.34. The molecule has 15 heteroatoms. The lowest BCUT2D eigenvalue weighted by Gasteiger charge is -2.11. The van der Waals surface area contributed by atoms with Gasteiger partial charge in [0.2, 0.25) is 11.2 Å². The Morgan fingerprint density at radius 3 is 1.67 bits per heavy atom. The smallest absolute Gasteiger partial charge is 0.399 e. The summed E-state index contributed by atoms with van der Waals surface area (Å²) in [5.41, 5.74) is 7.10. The zero-order valence-electron chi connectivity index (χ0n) is 21.5. The van der Waals surface area contributed by atoms with Crippen molar-refractivity contribution in [2.45, 2.75) is 12.4 Å². The van der Waals surface area contributed by atoms with E-state index in [-0.39, 0.29) is 21.4 Å². The number of fused-ring (bicyclic) bond motifs is 2. The predicted molar refractivity (Wildman–Crippen MR) is 158 cm³/mol. The summed E-state index contributed by atoms with van der Waals surface area (Å²) >= 11 is 16.5. The number of nitrogens with one attached hydrogen (secondary N) is 3. The van der Waals surface area contributed by atoms with Gasteiger partial charge in [0, 0.05) is 11.4 Å². The molecule has 4 aromatic carbocycles. The van der Waals surface area contributed by atoms with Crippen molar-refractivity contribution in [3.63, 3.8) is 0 Å².